The predicted octanol–water partition coefficient (Wildman–Crippen LogP) is 1.26. The third-order valence-electron chi connectivity index (χ3n) is 3.34. The second-order valence-corrected chi connectivity index (χ2v) is 4.96. The summed E-state index contributed by atoms with van der Waals surface area (Å²) in [6, 6.07) is 3.39. The highest BCUT2D eigenvalue weighted by molar-refractivity contribution is 6.10. The Kier molecular flexibility index (Phi) is 3.80. The molecule has 8 heteroatoms. The first kappa shape index (κ1) is 14.8. The number of hydrogen-bond acceptors (Lipinski definition) is 6. The topological polar surface area (TPSA) is 101 Å². The van der Waals surface area contributed by atoms with Gasteiger partial charge in [-0.25, -0.2) is 5.43 Å². The number of hydrogen-bond donors (Lipinski definition) is 1. The van der Waals surface area contributed by atoms with Crippen molar-refractivity contribution in [3.8, 4) is 0 Å². The van der Waals surface area contributed by atoms with Crippen molar-refractivity contribution in [2.45, 2.75) is 20.3 Å². The van der Waals surface area contributed by atoms with Gasteiger partial charge in [-0.15, -0.1) is 10.2 Å². The van der Waals surface area contributed by atoms with Crippen LogP contribution in [0.1, 0.15) is 22.8 Å². The molecular weight excluding hydrogens is 300 g/mol. The number of aromatic nitrogens is 1. The molecule has 0 fully saturated rings. The highest BCUT2D eigenvalue weighted by atomic mass is 16.5. The van der Waals surface area contributed by atoms with Gasteiger partial charge >= 0.3 is 0 Å². The summed E-state index contributed by atoms with van der Waals surface area (Å²) in [5, 5.41) is 8.86. The molecule has 0 aliphatic carbocycles. The monoisotopic (exact) mass is 314 g/mol. The minimum Gasteiger partial charge on any atom is -0.463 e. The van der Waals surface area contributed by atoms with E-state index in [4.69, 9.17) is 8.94 Å². The lowest BCUT2D eigenvalue weighted by atomic mass is 10.1. The molecule has 0 bridgehead atoms. The van der Waals surface area contributed by atoms with Gasteiger partial charge in [0.25, 0.3) is 11.8 Å². The summed E-state index contributed by atoms with van der Waals surface area (Å²) in [5.74, 6) is 0.140. The number of carbonyl (C=O) groups is 2. The minimum absolute atomic E-state index is 0.0103. The van der Waals surface area contributed by atoms with Crippen LogP contribution in [-0.2, 0) is 16.0 Å². The summed E-state index contributed by atoms with van der Waals surface area (Å²) >= 11 is 0. The number of furan rings is 1. The standard InChI is InChI=1S/C15H14N4O4/c1-9-11(10(2)23-18-9)8-15(21)19-16-12(5-6-14(20)17-19)13-4-3-7-22-13/h3-7H,8H2,1-2H3,(H,17,20). The fraction of sp³-hybridized carbons (Fsp3) is 0.200. The Balaban J connectivity index is 1.87. The molecular formula is C15H14N4O4. The summed E-state index contributed by atoms with van der Waals surface area (Å²) in [7, 11) is 0. The van der Waals surface area contributed by atoms with Gasteiger partial charge in [-0.05, 0) is 32.1 Å². The van der Waals surface area contributed by atoms with Crippen molar-refractivity contribution in [3.63, 3.8) is 0 Å². The van der Waals surface area contributed by atoms with E-state index < -0.39 is 11.8 Å². The Morgan fingerprint density at radius 3 is 2.83 bits per heavy atom. The van der Waals surface area contributed by atoms with Crippen LogP contribution in [0.4, 0.5) is 0 Å². The highest BCUT2D eigenvalue weighted by Gasteiger charge is 2.22. The molecule has 3 rings (SSSR count). The van der Waals surface area contributed by atoms with Crippen molar-refractivity contribution in [1.82, 2.24) is 15.7 Å². The summed E-state index contributed by atoms with van der Waals surface area (Å²) in [6.45, 7) is 3.47. The smallest absolute Gasteiger partial charge is 0.267 e. The lowest BCUT2D eigenvalue weighted by Crippen LogP contribution is -2.42. The molecule has 0 unspecified atom stereocenters. The van der Waals surface area contributed by atoms with Crippen LogP contribution in [-0.4, -0.2) is 27.8 Å². The largest absolute Gasteiger partial charge is 0.463 e. The quantitative estimate of drug-likeness (QED) is 0.919. The van der Waals surface area contributed by atoms with E-state index in [0.717, 1.165) is 5.12 Å². The SMILES string of the molecule is Cc1noc(C)c1CC(=O)N1N=C(c2ccco2)C=CC(=O)N1. The molecule has 23 heavy (non-hydrogen) atoms. The number of aryl methyl sites for hydroxylation is 2. The Morgan fingerprint density at radius 2 is 2.17 bits per heavy atom. The molecule has 118 valence electrons. The van der Waals surface area contributed by atoms with Crippen LogP contribution < -0.4 is 5.43 Å². The molecule has 0 radical (unpaired) electrons. The number of amides is 2. The molecule has 2 amide bonds. The Morgan fingerprint density at radius 1 is 1.35 bits per heavy atom. The third-order valence-corrected chi connectivity index (χ3v) is 3.34. The Hall–Kier alpha value is -3.16. The molecule has 8 nitrogen and oxygen atoms in total. The van der Waals surface area contributed by atoms with E-state index in [1.54, 1.807) is 26.0 Å². The van der Waals surface area contributed by atoms with Crippen LogP contribution in [0.5, 0.6) is 0 Å². The van der Waals surface area contributed by atoms with Gasteiger partial charge in [-0.3, -0.25) is 9.59 Å². The van der Waals surface area contributed by atoms with Crippen LogP contribution in [0, 0.1) is 13.8 Å². The Bertz CT molecular complexity index is 782. The molecule has 0 saturated heterocycles. The highest BCUT2D eigenvalue weighted by Crippen LogP contribution is 2.15. The first-order valence-electron chi connectivity index (χ1n) is 6.90. The molecule has 0 aromatic carbocycles. The van der Waals surface area contributed by atoms with E-state index >= 15 is 0 Å². The number of allylic oxidation sites excluding steroid dienone is 1. The van der Waals surface area contributed by atoms with Crippen LogP contribution in [0.15, 0.2) is 44.6 Å². The van der Waals surface area contributed by atoms with Crippen molar-refractivity contribution < 1.29 is 18.5 Å². The summed E-state index contributed by atoms with van der Waals surface area (Å²) in [4.78, 5) is 24.2. The number of rotatable bonds is 3. The van der Waals surface area contributed by atoms with Crippen molar-refractivity contribution >= 4 is 17.5 Å². The minimum atomic E-state index is -0.456. The molecule has 2 aromatic rings. The molecule has 3 heterocycles. The predicted molar refractivity (Wildman–Crippen MR) is 79.1 cm³/mol. The fourth-order valence-corrected chi connectivity index (χ4v) is 2.12. The van der Waals surface area contributed by atoms with Crippen LogP contribution >= 0.6 is 0 Å². The number of nitrogens with zero attached hydrogens (tertiary/aromatic N) is 3. The van der Waals surface area contributed by atoms with Gasteiger partial charge in [-0.2, -0.15) is 0 Å². The summed E-state index contributed by atoms with van der Waals surface area (Å²) < 4.78 is 10.3. The average Bonchev–Trinajstić information content (AvgIpc) is 3.10. The van der Waals surface area contributed by atoms with Gasteiger partial charge in [0.2, 0.25) is 0 Å². The second kappa shape index (κ2) is 5.91. The van der Waals surface area contributed by atoms with E-state index in [1.165, 1.54) is 18.4 Å². The van der Waals surface area contributed by atoms with Crippen molar-refractivity contribution in [2.75, 3.05) is 0 Å². The molecule has 0 atom stereocenters. The molecule has 1 aliphatic rings. The van der Waals surface area contributed by atoms with E-state index in [0.29, 0.717) is 28.5 Å². The molecule has 2 aromatic heterocycles. The lowest BCUT2D eigenvalue weighted by molar-refractivity contribution is -0.139. The third kappa shape index (κ3) is 3.05. The van der Waals surface area contributed by atoms with Crippen molar-refractivity contribution in [2.24, 2.45) is 5.10 Å². The van der Waals surface area contributed by atoms with Crippen LogP contribution in [0.25, 0.3) is 0 Å². The summed E-state index contributed by atoms with van der Waals surface area (Å²) in [6.07, 6.45) is 4.26. The maximum atomic E-state index is 12.5. The van der Waals surface area contributed by atoms with Gasteiger partial charge in [0.1, 0.15) is 11.5 Å². The maximum Gasteiger partial charge on any atom is 0.267 e. The number of hydrazone groups is 1. The van der Waals surface area contributed by atoms with E-state index in [2.05, 4.69) is 15.7 Å². The average molecular weight is 314 g/mol. The molecule has 0 saturated carbocycles. The van der Waals surface area contributed by atoms with Gasteiger partial charge < -0.3 is 8.94 Å². The van der Waals surface area contributed by atoms with Crippen LogP contribution in [0.3, 0.4) is 0 Å². The van der Waals surface area contributed by atoms with Crippen molar-refractivity contribution in [1.29, 1.82) is 0 Å². The molecule has 0 spiro atoms. The first-order chi connectivity index (χ1) is 11.0. The fourth-order valence-electron chi connectivity index (χ4n) is 2.12. The molecule has 1 N–H and O–H groups in total. The number of nitrogens with one attached hydrogen (secondary N) is 1. The zero-order chi connectivity index (χ0) is 16.4. The Labute approximate surface area is 131 Å². The van der Waals surface area contributed by atoms with E-state index in [-0.39, 0.29) is 6.42 Å². The number of hydrazine groups is 1. The first-order valence-corrected chi connectivity index (χ1v) is 6.90. The maximum absolute atomic E-state index is 12.5. The van der Waals surface area contributed by atoms with Gasteiger partial charge in [0.05, 0.1) is 18.4 Å². The summed E-state index contributed by atoms with van der Waals surface area (Å²) in [5.41, 5.74) is 4.07. The zero-order valence-corrected chi connectivity index (χ0v) is 12.6. The van der Waals surface area contributed by atoms with E-state index in [1.807, 2.05) is 0 Å². The van der Waals surface area contributed by atoms with Gasteiger partial charge in [0, 0.05) is 11.6 Å². The van der Waals surface area contributed by atoms with Gasteiger partial charge in [0.15, 0.2) is 5.76 Å². The van der Waals surface area contributed by atoms with Crippen molar-refractivity contribution in [3.05, 3.63) is 53.3 Å². The normalized spacial score (nSPS) is 14.4. The number of carbonyl (C=O) groups excluding carboxylic acids is 2. The van der Waals surface area contributed by atoms with Gasteiger partial charge in [-0.1, -0.05) is 5.16 Å². The lowest BCUT2D eigenvalue weighted by Gasteiger charge is -2.16. The second-order valence-electron chi connectivity index (χ2n) is 4.96. The van der Waals surface area contributed by atoms with Crippen LogP contribution in [0.2, 0.25) is 0 Å². The zero-order valence-electron chi connectivity index (χ0n) is 12.6. The molecule has 1 aliphatic heterocycles. The van der Waals surface area contributed by atoms with E-state index in [9.17, 15) is 9.59 Å².